The van der Waals surface area contributed by atoms with Gasteiger partial charge in [0.25, 0.3) is 0 Å². The largest absolute Gasteiger partial charge is 0.487 e. The van der Waals surface area contributed by atoms with E-state index in [-0.39, 0.29) is 0 Å². The monoisotopic (exact) mass is 603 g/mol. The first-order valence-corrected chi connectivity index (χ1v) is 12.2. The van der Waals surface area contributed by atoms with Gasteiger partial charge in [-0.3, -0.25) is 4.99 Å². The van der Waals surface area contributed by atoms with Crippen molar-refractivity contribution in [3.63, 3.8) is 0 Å². The highest BCUT2D eigenvalue weighted by Gasteiger charge is 2.11. The highest BCUT2D eigenvalue weighted by Crippen LogP contribution is 2.34. The average Bonchev–Trinajstić information content (AvgIpc) is 2.79. The first-order valence-electron chi connectivity index (χ1n) is 9.91. The van der Waals surface area contributed by atoms with Gasteiger partial charge in [-0.05, 0) is 76.6 Å². The van der Waals surface area contributed by atoms with Crippen LogP contribution in [-0.2, 0) is 6.61 Å². The van der Waals surface area contributed by atoms with E-state index in [0.717, 1.165) is 37.3 Å². The van der Waals surface area contributed by atoms with Crippen molar-refractivity contribution in [3.05, 3.63) is 115 Å². The lowest BCUT2D eigenvalue weighted by atomic mass is 10.2. The van der Waals surface area contributed by atoms with E-state index in [1.54, 1.807) is 18.3 Å². The van der Waals surface area contributed by atoms with Gasteiger partial charge in [0.15, 0.2) is 0 Å². The summed E-state index contributed by atoms with van der Waals surface area (Å²) in [5.41, 5.74) is 2.44. The van der Waals surface area contributed by atoms with Crippen LogP contribution in [0.2, 0.25) is 10.0 Å². The molecular formula is C26H17Br2Cl2NO2. The number of halogens is 4. The minimum atomic E-state index is 0.294. The third kappa shape index (κ3) is 6.61. The number of hydrogen-bond acceptors (Lipinski definition) is 3. The van der Waals surface area contributed by atoms with E-state index in [1.165, 1.54) is 0 Å². The third-order valence-electron chi connectivity index (χ3n) is 4.59. The zero-order valence-corrected chi connectivity index (χ0v) is 21.8. The summed E-state index contributed by atoms with van der Waals surface area (Å²) in [4.78, 5) is 4.61. The van der Waals surface area contributed by atoms with Gasteiger partial charge in [0, 0.05) is 31.9 Å². The molecule has 166 valence electrons. The van der Waals surface area contributed by atoms with Crippen LogP contribution in [0.15, 0.2) is 98.9 Å². The van der Waals surface area contributed by atoms with Gasteiger partial charge < -0.3 is 9.47 Å². The zero-order valence-electron chi connectivity index (χ0n) is 17.1. The van der Waals surface area contributed by atoms with Crippen LogP contribution in [0.5, 0.6) is 17.2 Å². The van der Waals surface area contributed by atoms with E-state index in [4.69, 9.17) is 32.7 Å². The Labute approximate surface area is 219 Å². The summed E-state index contributed by atoms with van der Waals surface area (Å²) in [5.74, 6) is 2.20. The molecule has 0 saturated heterocycles. The molecule has 0 aliphatic carbocycles. The lowest BCUT2D eigenvalue weighted by Gasteiger charge is -2.13. The number of benzene rings is 4. The predicted octanol–water partition coefficient (Wildman–Crippen LogP) is 9.64. The van der Waals surface area contributed by atoms with Crippen LogP contribution in [0, 0.1) is 0 Å². The van der Waals surface area contributed by atoms with Crippen molar-refractivity contribution < 1.29 is 9.47 Å². The smallest absolute Gasteiger partial charge is 0.142 e. The van der Waals surface area contributed by atoms with Crippen LogP contribution in [0.25, 0.3) is 0 Å². The van der Waals surface area contributed by atoms with E-state index in [1.807, 2.05) is 72.8 Å². The molecule has 4 rings (SSSR count). The van der Waals surface area contributed by atoms with Crippen LogP contribution >= 0.6 is 55.1 Å². The number of nitrogens with zero attached hydrogens (tertiary/aromatic N) is 1. The second-order valence-corrected chi connectivity index (χ2v) is 9.61. The molecule has 0 amide bonds. The maximum Gasteiger partial charge on any atom is 0.142 e. The lowest BCUT2D eigenvalue weighted by Crippen LogP contribution is -2.00. The molecule has 0 atom stereocenters. The highest BCUT2D eigenvalue weighted by atomic mass is 79.9. The summed E-state index contributed by atoms with van der Waals surface area (Å²) in [5, 5.41) is 1.14. The van der Waals surface area contributed by atoms with Gasteiger partial charge in [0.2, 0.25) is 0 Å². The van der Waals surface area contributed by atoms with Gasteiger partial charge in [0.05, 0.1) is 10.2 Å². The standard InChI is InChI=1S/C26H17Br2Cl2NO2/c27-19-12-18(26(24(28)13-19)32-16-17-6-7-20(29)14-25(17)30)15-31-21-8-10-23(11-9-21)33-22-4-2-1-3-5-22/h1-15H,16H2. The van der Waals surface area contributed by atoms with Gasteiger partial charge in [-0.2, -0.15) is 0 Å². The van der Waals surface area contributed by atoms with E-state index in [0.29, 0.717) is 22.4 Å². The van der Waals surface area contributed by atoms with Gasteiger partial charge in [-0.25, -0.2) is 0 Å². The minimum absolute atomic E-state index is 0.294. The van der Waals surface area contributed by atoms with Gasteiger partial charge >= 0.3 is 0 Å². The molecule has 0 radical (unpaired) electrons. The van der Waals surface area contributed by atoms with Crippen LogP contribution in [0.3, 0.4) is 0 Å². The fourth-order valence-electron chi connectivity index (χ4n) is 2.99. The summed E-state index contributed by atoms with van der Waals surface area (Å²) in [6.07, 6.45) is 1.77. The van der Waals surface area contributed by atoms with Crippen molar-refractivity contribution in [2.75, 3.05) is 0 Å². The van der Waals surface area contributed by atoms with Crippen molar-refractivity contribution in [1.82, 2.24) is 0 Å². The van der Waals surface area contributed by atoms with Gasteiger partial charge in [-0.15, -0.1) is 0 Å². The molecule has 4 aromatic rings. The van der Waals surface area contributed by atoms with Gasteiger partial charge in [0.1, 0.15) is 23.9 Å². The van der Waals surface area contributed by atoms with E-state index in [9.17, 15) is 0 Å². The van der Waals surface area contributed by atoms with Crippen molar-refractivity contribution in [1.29, 1.82) is 0 Å². The lowest BCUT2D eigenvalue weighted by molar-refractivity contribution is 0.304. The normalized spacial score (nSPS) is 11.0. The number of ether oxygens (including phenoxy) is 2. The van der Waals surface area contributed by atoms with E-state index in [2.05, 4.69) is 36.9 Å². The Morgan fingerprint density at radius 1 is 0.818 bits per heavy atom. The van der Waals surface area contributed by atoms with Gasteiger partial charge in [-0.1, -0.05) is 63.4 Å². The molecule has 0 aliphatic heterocycles. The molecule has 3 nitrogen and oxygen atoms in total. The Bertz CT molecular complexity index is 1280. The van der Waals surface area contributed by atoms with Crippen molar-refractivity contribution in [2.24, 2.45) is 4.99 Å². The molecule has 4 aromatic carbocycles. The first-order chi connectivity index (χ1) is 16.0. The third-order valence-corrected chi connectivity index (χ3v) is 6.23. The van der Waals surface area contributed by atoms with Crippen LogP contribution in [0.1, 0.15) is 11.1 Å². The summed E-state index contributed by atoms with van der Waals surface area (Å²) < 4.78 is 13.6. The first kappa shape index (κ1) is 23.8. The highest BCUT2D eigenvalue weighted by molar-refractivity contribution is 9.11. The molecule has 0 aliphatic rings. The zero-order chi connectivity index (χ0) is 23.2. The Balaban J connectivity index is 1.51. The molecule has 0 unspecified atom stereocenters. The van der Waals surface area contributed by atoms with E-state index < -0.39 is 0 Å². The molecule has 0 bridgehead atoms. The molecule has 7 heteroatoms. The molecule has 0 spiro atoms. The van der Waals surface area contributed by atoms with Crippen molar-refractivity contribution in [2.45, 2.75) is 6.61 Å². The molecule has 0 N–H and O–H groups in total. The summed E-state index contributed by atoms with van der Waals surface area (Å²) >= 11 is 19.4. The Hall–Kier alpha value is -2.31. The fraction of sp³-hybridized carbons (Fsp3) is 0.0385. The van der Waals surface area contributed by atoms with Crippen LogP contribution in [0.4, 0.5) is 5.69 Å². The molecule has 33 heavy (non-hydrogen) atoms. The second kappa shape index (κ2) is 11.2. The number of para-hydroxylation sites is 1. The van der Waals surface area contributed by atoms with Crippen molar-refractivity contribution >= 4 is 67.0 Å². The topological polar surface area (TPSA) is 30.8 Å². The Morgan fingerprint density at radius 2 is 1.55 bits per heavy atom. The summed E-state index contributed by atoms with van der Waals surface area (Å²) in [6, 6.07) is 26.4. The summed E-state index contributed by atoms with van der Waals surface area (Å²) in [6.45, 7) is 0.294. The number of aliphatic imine (C=N–C) groups is 1. The van der Waals surface area contributed by atoms with E-state index >= 15 is 0 Å². The minimum Gasteiger partial charge on any atom is -0.487 e. The molecule has 0 heterocycles. The predicted molar refractivity (Wildman–Crippen MR) is 143 cm³/mol. The second-order valence-electron chi connectivity index (χ2n) is 7.00. The average molecular weight is 606 g/mol. The van der Waals surface area contributed by atoms with Crippen LogP contribution in [-0.4, -0.2) is 6.21 Å². The Kier molecular flexibility index (Phi) is 8.10. The SMILES string of the molecule is Clc1ccc(COc2c(Br)cc(Br)cc2C=Nc2ccc(Oc3ccccc3)cc2)c(Cl)c1. The van der Waals surface area contributed by atoms with Crippen LogP contribution < -0.4 is 9.47 Å². The molecule has 0 fully saturated rings. The maximum absolute atomic E-state index is 6.29. The molecule has 0 aromatic heterocycles. The number of rotatable bonds is 7. The Morgan fingerprint density at radius 3 is 2.27 bits per heavy atom. The van der Waals surface area contributed by atoms with Crippen molar-refractivity contribution in [3.8, 4) is 17.2 Å². The summed E-state index contributed by atoms with van der Waals surface area (Å²) in [7, 11) is 0. The molecular weight excluding hydrogens is 589 g/mol. The molecule has 0 saturated carbocycles. The quantitative estimate of drug-likeness (QED) is 0.196. The number of hydrogen-bond donors (Lipinski definition) is 0. The maximum atomic E-state index is 6.29. The fourth-order valence-corrected chi connectivity index (χ4v) is 4.82.